The van der Waals surface area contributed by atoms with E-state index in [0.717, 1.165) is 25.1 Å². The van der Waals surface area contributed by atoms with Crippen LogP contribution in [0.2, 0.25) is 0 Å². The maximum Gasteiger partial charge on any atom is 0.244 e. The van der Waals surface area contributed by atoms with Crippen LogP contribution in [-0.4, -0.2) is 37.3 Å². The van der Waals surface area contributed by atoms with Crippen molar-refractivity contribution < 1.29 is 8.42 Å². The van der Waals surface area contributed by atoms with E-state index >= 15 is 0 Å². The predicted molar refractivity (Wildman–Crippen MR) is 75.3 cm³/mol. The molecule has 1 fully saturated rings. The highest BCUT2D eigenvalue weighted by Gasteiger charge is 2.36. The maximum atomic E-state index is 12.5. The molecule has 0 amide bonds. The number of nitrogens with zero attached hydrogens (tertiary/aromatic N) is 1. The minimum atomic E-state index is -3.37. The fourth-order valence-corrected chi connectivity index (χ4v) is 3.63. The fourth-order valence-electron chi connectivity index (χ4n) is 2.19. The van der Waals surface area contributed by atoms with Crippen molar-refractivity contribution in [3.8, 4) is 0 Å². The second-order valence-corrected chi connectivity index (χ2v) is 7.24. The zero-order chi connectivity index (χ0) is 14.0. The summed E-state index contributed by atoms with van der Waals surface area (Å²) >= 11 is 0. The standard InChI is InChI=1S/C13H23N3O2S/c1-4-14-8-12-7-13(9-15-12)19(17,18)16(3)10(2)11-5-6-11/h7,9-11,14-15H,4-6,8H2,1-3H3. The van der Waals surface area contributed by atoms with Gasteiger partial charge in [-0.1, -0.05) is 6.92 Å². The third kappa shape index (κ3) is 3.19. The number of sulfonamides is 1. The van der Waals surface area contributed by atoms with E-state index in [1.807, 2.05) is 13.8 Å². The Labute approximate surface area is 115 Å². The summed E-state index contributed by atoms with van der Waals surface area (Å²) in [6.07, 6.45) is 3.86. The number of aromatic amines is 1. The third-order valence-electron chi connectivity index (χ3n) is 3.84. The van der Waals surface area contributed by atoms with Gasteiger partial charge in [0.2, 0.25) is 10.0 Å². The van der Waals surface area contributed by atoms with Crippen LogP contribution in [0.1, 0.15) is 32.4 Å². The van der Waals surface area contributed by atoms with Gasteiger partial charge in [0.05, 0.1) is 4.90 Å². The molecule has 0 bridgehead atoms. The molecular weight excluding hydrogens is 262 g/mol. The topological polar surface area (TPSA) is 65.2 Å². The van der Waals surface area contributed by atoms with E-state index in [4.69, 9.17) is 0 Å². The molecule has 0 spiro atoms. The van der Waals surface area contributed by atoms with E-state index in [0.29, 0.717) is 17.4 Å². The summed E-state index contributed by atoms with van der Waals surface area (Å²) in [5.41, 5.74) is 0.896. The largest absolute Gasteiger partial charge is 0.363 e. The summed E-state index contributed by atoms with van der Waals surface area (Å²) in [7, 11) is -1.70. The molecule has 1 atom stereocenters. The second-order valence-electron chi connectivity index (χ2n) is 5.24. The van der Waals surface area contributed by atoms with Crippen LogP contribution in [0.4, 0.5) is 0 Å². The number of H-pyrrole nitrogens is 1. The van der Waals surface area contributed by atoms with Crippen molar-refractivity contribution in [1.29, 1.82) is 0 Å². The number of nitrogens with one attached hydrogen (secondary N) is 2. The summed E-state index contributed by atoms with van der Waals surface area (Å²) in [6.45, 7) is 5.53. The summed E-state index contributed by atoms with van der Waals surface area (Å²) in [5.74, 6) is 0.528. The highest BCUT2D eigenvalue weighted by Crippen LogP contribution is 2.36. The lowest BCUT2D eigenvalue weighted by molar-refractivity contribution is 0.357. The molecule has 6 heteroatoms. The van der Waals surface area contributed by atoms with Crippen molar-refractivity contribution in [2.24, 2.45) is 5.92 Å². The Morgan fingerprint density at radius 1 is 1.53 bits per heavy atom. The quantitative estimate of drug-likeness (QED) is 0.799. The van der Waals surface area contributed by atoms with Gasteiger partial charge in [-0.15, -0.1) is 0 Å². The predicted octanol–water partition coefficient (Wildman–Crippen LogP) is 1.54. The third-order valence-corrected chi connectivity index (χ3v) is 5.76. The minimum Gasteiger partial charge on any atom is -0.363 e. The van der Waals surface area contributed by atoms with Crippen LogP contribution >= 0.6 is 0 Å². The van der Waals surface area contributed by atoms with E-state index < -0.39 is 10.0 Å². The van der Waals surface area contributed by atoms with Gasteiger partial charge in [-0.05, 0) is 38.3 Å². The van der Waals surface area contributed by atoms with E-state index in [1.54, 1.807) is 19.3 Å². The molecule has 5 nitrogen and oxygen atoms in total. The molecule has 0 saturated heterocycles. The minimum absolute atomic E-state index is 0.0807. The average molecular weight is 285 g/mol. The van der Waals surface area contributed by atoms with E-state index in [-0.39, 0.29) is 6.04 Å². The van der Waals surface area contributed by atoms with Crippen molar-refractivity contribution >= 4 is 10.0 Å². The number of hydrogen-bond donors (Lipinski definition) is 2. The molecule has 2 rings (SSSR count). The summed E-state index contributed by atoms with van der Waals surface area (Å²) in [6, 6.07) is 1.80. The Morgan fingerprint density at radius 2 is 2.21 bits per heavy atom. The van der Waals surface area contributed by atoms with E-state index in [1.165, 1.54) is 4.31 Å². The van der Waals surface area contributed by atoms with Crippen molar-refractivity contribution in [2.45, 2.75) is 44.2 Å². The first kappa shape index (κ1) is 14.6. The van der Waals surface area contributed by atoms with Gasteiger partial charge in [0.1, 0.15) is 0 Å². The zero-order valence-corrected chi connectivity index (χ0v) is 12.6. The SMILES string of the molecule is CCNCc1cc(S(=O)(=O)N(C)C(C)C2CC2)c[nH]1. The fraction of sp³-hybridized carbons (Fsp3) is 0.692. The molecule has 1 heterocycles. The monoisotopic (exact) mass is 285 g/mol. The first-order valence-corrected chi connectivity index (χ1v) is 8.27. The van der Waals surface area contributed by atoms with Gasteiger partial charge in [-0.3, -0.25) is 0 Å². The van der Waals surface area contributed by atoms with Gasteiger partial charge in [-0.2, -0.15) is 4.31 Å². The van der Waals surface area contributed by atoms with Crippen molar-refractivity contribution in [3.63, 3.8) is 0 Å². The molecule has 1 aromatic rings. The summed E-state index contributed by atoms with van der Waals surface area (Å²) < 4.78 is 26.5. The van der Waals surface area contributed by atoms with Gasteiger partial charge in [0.15, 0.2) is 0 Å². The molecule has 0 aromatic carbocycles. The molecule has 2 N–H and O–H groups in total. The average Bonchev–Trinajstić information content (AvgIpc) is 3.12. The Kier molecular flexibility index (Phi) is 4.32. The lowest BCUT2D eigenvalue weighted by Gasteiger charge is -2.23. The molecule has 108 valence electrons. The van der Waals surface area contributed by atoms with Crippen LogP contribution in [0, 0.1) is 5.92 Å². The van der Waals surface area contributed by atoms with Crippen LogP contribution in [0.3, 0.4) is 0 Å². The first-order chi connectivity index (χ1) is 8.96. The van der Waals surface area contributed by atoms with Crippen LogP contribution in [0.5, 0.6) is 0 Å². The Morgan fingerprint density at radius 3 is 2.79 bits per heavy atom. The highest BCUT2D eigenvalue weighted by atomic mass is 32.2. The van der Waals surface area contributed by atoms with Crippen LogP contribution < -0.4 is 5.32 Å². The van der Waals surface area contributed by atoms with Gasteiger partial charge in [-0.25, -0.2) is 8.42 Å². The Balaban J connectivity index is 2.11. The van der Waals surface area contributed by atoms with Crippen molar-refractivity contribution in [1.82, 2.24) is 14.6 Å². The van der Waals surface area contributed by atoms with Gasteiger partial charge in [0.25, 0.3) is 0 Å². The number of rotatable bonds is 7. The van der Waals surface area contributed by atoms with Gasteiger partial charge >= 0.3 is 0 Å². The normalized spacial score (nSPS) is 17.9. The number of hydrogen-bond acceptors (Lipinski definition) is 3. The van der Waals surface area contributed by atoms with E-state index in [2.05, 4.69) is 10.3 Å². The molecular formula is C13H23N3O2S. The smallest absolute Gasteiger partial charge is 0.244 e. The van der Waals surface area contributed by atoms with Crippen molar-refractivity contribution in [2.75, 3.05) is 13.6 Å². The Hall–Kier alpha value is -0.850. The maximum absolute atomic E-state index is 12.5. The Bertz CT molecular complexity index is 520. The van der Waals surface area contributed by atoms with Gasteiger partial charge < -0.3 is 10.3 Å². The lowest BCUT2D eigenvalue weighted by atomic mass is 10.2. The van der Waals surface area contributed by atoms with Crippen LogP contribution in [0.25, 0.3) is 0 Å². The lowest BCUT2D eigenvalue weighted by Crippen LogP contribution is -2.36. The summed E-state index contributed by atoms with van der Waals surface area (Å²) in [5, 5.41) is 3.17. The molecule has 1 saturated carbocycles. The molecule has 19 heavy (non-hydrogen) atoms. The number of aromatic nitrogens is 1. The van der Waals surface area contributed by atoms with Gasteiger partial charge in [0, 0.05) is 31.5 Å². The molecule has 1 unspecified atom stereocenters. The second kappa shape index (κ2) is 5.64. The van der Waals surface area contributed by atoms with Crippen molar-refractivity contribution in [3.05, 3.63) is 18.0 Å². The van der Waals surface area contributed by atoms with Crippen LogP contribution in [-0.2, 0) is 16.6 Å². The molecule has 0 aliphatic heterocycles. The zero-order valence-electron chi connectivity index (χ0n) is 11.8. The van der Waals surface area contributed by atoms with E-state index in [9.17, 15) is 8.42 Å². The summed E-state index contributed by atoms with van der Waals surface area (Å²) in [4.78, 5) is 3.37. The first-order valence-electron chi connectivity index (χ1n) is 6.83. The van der Waals surface area contributed by atoms with Crippen LogP contribution in [0.15, 0.2) is 17.2 Å². The highest BCUT2D eigenvalue weighted by molar-refractivity contribution is 7.89. The molecule has 1 aromatic heterocycles. The molecule has 1 aliphatic rings. The molecule has 0 radical (unpaired) electrons. The molecule has 1 aliphatic carbocycles.